The molecule has 0 radical (unpaired) electrons. The molecule has 0 fully saturated rings. The van der Waals surface area contributed by atoms with Gasteiger partial charge >= 0.3 is 6.18 Å². The minimum absolute atomic E-state index is 0.230. The molecule has 2 aromatic carbocycles. The van der Waals surface area contributed by atoms with E-state index in [1.54, 1.807) is 18.5 Å². The van der Waals surface area contributed by atoms with Gasteiger partial charge in [-0.25, -0.2) is 9.97 Å². The molecular weight excluding hydrogens is 381 g/mol. The number of benzene rings is 2. The second kappa shape index (κ2) is 7.48. The van der Waals surface area contributed by atoms with E-state index in [9.17, 15) is 18.3 Å². The highest BCUT2D eigenvalue weighted by atomic mass is 19.4. The number of aliphatic hydroxyl groups is 1. The van der Waals surface area contributed by atoms with Crippen molar-refractivity contribution in [3.05, 3.63) is 78.6 Å². The molecule has 2 N–H and O–H groups in total. The monoisotopic (exact) mass is 396 g/mol. The summed E-state index contributed by atoms with van der Waals surface area (Å²) in [4.78, 5) is 13.2. The zero-order valence-electron chi connectivity index (χ0n) is 14.9. The highest BCUT2D eigenvalue weighted by Crippen LogP contribution is 2.33. The summed E-state index contributed by atoms with van der Waals surface area (Å²) in [5.41, 5.74) is 1.76. The van der Waals surface area contributed by atoms with Crippen molar-refractivity contribution >= 4 is 22.4 Å². The van der Waals surface area contributed by atoms with Gasteiger partial charge in [0.25, 0.3) is 0 Å². The molecule has 1 atom stereocenters. The molecule has 0 amide bonds. The lowest BCUT2D eigenvalue weighted by atomic mass is 10.1. The Morgan fingerprint density at radius 1 is 0.897 bits per heavy atom. The van der Waals surface area contributed by atoms with Gasteiger partial charge in [0.2, 0.25) is 0 Å². The van der Waals surface area contributed by atoms with Crippen LogP contribution in [0.15, 0.2) is 73.1 Å². The van der Waals surface area contributed by atoms with Gasteiger partial charge in [0.1, 0.15) is 5.82 Å². The molecule has 0 aliphatic rings. The van der Waals surface area contributed by atoms with Crippen LogP contribution in [0.25, 0.3) is 22.3 Å². The third-order valence-electron chi connectivity index (χ3n) is 4.32. The number of rotatable bonds is 4. The molecule has 4 aromatic rings. The van der Waals surface area contributed by atoms with Crippen LogP contribution in [0.1, 0.15) is 11.7 Å². The summed E-state index contributed by atoms with van der Waals surface area (Å²) in [6.45, 7) is 0. The fraction of sp³-hybridized carbons (Fsp3) is 0.0952. The summed E-state index contributed by atoms with van der Waals surface area (Å²) < 4.78 is 38.0. The number of hydrogen-bond acceptors (Lipinski definition) is 5. The first-order valence-corrected chi connectivity index (χ1v) is 8.71. The SMILES string of the molecule is OC(c1ccc(Nc2nc(-c3cccnc3)nc3ccccc23)cc1)C(F)(F)F. The van der Waals surface area contributed by atoms with Crippen molar-refractivity contribution < 1.29 is 18.3 Å². The second-order valence-corrected chi connectivity index (χ2v) is 6.35. The van der Waals surface area contributed by atoms with Crippen LogP contribution in [0.5, 0.6) is 0 Å². The predicted molar refractivity (Wildman–Crippen MR) is 104 cm³/mol. The smallest absolute Gasteiger partial charge is 0.379 e. The van der Waals surface area contributed by atoms with Gasteiger partial charge in [0, 0.05) is 29.0 Å². The number of halogens is 3. The molecule has 2 heterocycles. The van der Waals surface area contributed by atoms with E-state index < -0.39 is 12.3 Å². The standard InChI is InChI=1S/C21H15F3N4O/c22-21(23,24)18(29)13-7-9-15(10-8-13)26-20-16-5-1-2-6-17(16)27-19(28-20)14-4-3-11-25-12-14/h1-12,18,29H,(H,26,27,28). The van der Waals surface area contributed by atoms with E-state index in [0.29, 0.717) is 22.8 Å². The number of aromatic nitrogens is 3. The van der Waals surface area contributed by atoms with Gasteiger partial charge in [0.15, 0.2) is 11.9 Å². The summed E-state index contributed by atoms with van der Waals surface area (Å²) in [5.74, 6) is 0.988. The van der Waals surface area contributed by atoms with Crippen molar-refractivity contribution in [2.24, 2.45) is 0 Å². The highest BCUT2D eigenvalue weighted by Gasteiger charge is 2.39. The molecule has 4 rings (SSSR count). The normalized spacial score (nSPS) is 12.7. The highest BCUT2D eigenvalue weighted by molar-refractivity contribution is 5.92. The summed E-state index contributed by atoms with van der Waals surface area (Å²) >= 11 is 0. The van der Waals surface area contributed by atoms with Gasteiger partial charge in [0.05, 0.1) is 5.52 Å². The molecule has 1 unspecified atom stereocenters. The number of alkyl halides is 3. The Labute approximate surface area is 163 Å². The van der Waals surface area contributed by atoms with E-state index in [4.69, 9.17) is 0 Å². The Hall–Kier alpha value is -3.52. The Kier molecular flexibility index (Phi) is 4.85. The average molecular weight is 396 g/mol. The molecular formula is C21H15F3N4O. The van der Waals surface area contributed by atoms with Crippen molar-refractivity contribution in [1.82, 2.24) is 15.0 Å². The molecule has 0 aliphatic carbocycles. The molecule has 8 heteroatoms. The van der Waals surface area contributed by atoms with Crippen molar-refractivity contribution in [3.63, 3.8) is 0 Å². The summed E-state index contributed by atoms with van der Waals surface area (Å²) in [7, 11) is 0. The Balaban J connectivity index is 1.70. The van der Waals surface area contributed by atoms with Gasteiger partial charge in [-0.3, -0.25) is 4.98 Å². The number of pyridine rings is 1. The fourth-order valence-corrected chi connectivity index (χ4v) is 2.87. The molecule has 0 bridgehead atoms. The quantitative estimate of drug-likeness (QED) is 0.506. The molecule has 0 spiro atoms. The van der Waals surface area contributed by atoms with E-state index in [-0.39, 0.29) is 5.56 Å². The third-order valence-corrected chi connectivity index (χ3v) is 4.32. The second-order valence-electron chi connectivity index (χ2n) is 6.35. The lowest BCUT2D eigenvalue weighted by molar-refractivity contribution is -0.206. The lowest BCUT2D eigenvalue weighted by Gasteiger charge is -2.15. The number of nitrogens with zero attached hydrogens (tertiary/aromatic N) is 3. The number of para-hydroxylation sites is 1. The maximum atomic E-state index is 12.7. The number of anilines is 2. The van der Waals surface area contributed by atoms with Crippen molar-refractivity contribution in [3.8, 4) is 11.4 Å². The summed E-state index contributed by atoms with van der Waals surface area (Å²) in [5, 5.41) is 13.3. The maximum absolute atomic E-state index is 12.7. The molecule has 5 nitrogen and oxygen atoms in total. The molecule has 0 saturated heterocycles. The summed E-state index contributed by atoms with van der Waals surface area (Å²) in [6, 6.07) is 16.4. The van der Waals surface area contributed by atoms with Crippen molar-refractivity contribution in [1.29, 1.82) is 0 Å². The van der Waals surface area contributed by atoms with Crippen LogP contribution in [0, 0.1) is 0 Å². The first kappa shape index (κ1) is 18.8. The lowest BCUT2D eigenvalue weighted by Crippen LogP contribution is -2.20. The predicted octanol–water partition coefficient (Wildman–Crippen LogP) is 5.03. The number of hydrogen-bond donors (Lipinski definition) is 2. The van der Waals surface area contributed by atoms with Crippen molar-refractivity contribution in [2.45, 2.75) is 12.3 Å². The van der Waals surface area contributed by atoms with Crippen molar-refractivity contribution in [2.75, 3.05) is 5.32 Å². The van der Waals surface area contributed by atoms with E-state index in [1.165, 1.54) is 24.3 Å². The van der Waals surface area contributed by atoms with Gasteiger partial charge in [-0.05, 0) is 42.0 Å². The Bertz CT molecular complexity index is 1130. The van der Waals surface area contributed by atoms with Gasteiger partial charge < -0.3 is 10.4 Å². The molecule has 29 heavy (non-hydrogen) atoms. The van der Waals surface area contributed by atoms with E-state index >= 15 is 0 Å². The topological polar surface area (TPSA) is 70.9 Å². The molecule has 2 aromatic heterocycles. The average Bonchev–Trinajstić information content (AvgIpc) is 2.73. The van der Waals surface area contributed by atoms with Gasteiger partial charge in [-0.2, -0.15) is 13.2 Å². The van der Waals surface area contributed by atoms with Crippen LogP contribution in [-0.4, -0.2) is 26.2 Å². The maximum Gasteiger partial charge on any atom is 0.418 e. The van der Waals surface area contributed by atoms with Gasteiger partial charge in [-0.1, -0.05) is 24.3 Å². The van der Waals surface area contributed by atoms with Crippen LogP contribution in [0.4, 0.5) is 24.7 Å². The van der Waals surface area contributed by atoms with E-state index in [0.717, 1.165) is 10.9 Å². The van der Waals surface area contributed by atoms with E-state index in [2.05, 4.69) is 20.3 Å². The number of aliphatic hydroxyl groups excluding tert-OH is 1. The van der Waals surface area contributed by atoms with E-state index in [1.807, 2.05) is 30.3 Å². The van der Waals surface area contributed by atoms with Crippen LogP contribution in [0.2, 0.25) is 0 Å². The van der Waals surface area contributed by atoms with Crippen LogP contribution < -0.4 is 5.32 Å². The minimum atomic E-state index is -4.71. The molecule has 146 valence electrons. The number of fused-ring (bicyclic) bond motifs is 1. The van der Waals surface area contributed by atoms with Crippen LogP contribution in [-0.2, 0) is 0 Å². The number of nitrogens with one attached hydrogen (secondary N) is 1. The first-order chi connectivity index (χ1) is 13.9. The third kappa shape index (κ3) is 4.02. The molecule has 0 saturated carbocycles. The zero-order chi connectivity index (χ0) is 20.4. The first-order valence-electron chi connectivity index (χ1n) is 8.71. The largest absolute Gasteiger partial charge is 0.418 e. The minimum Gasteiger partial charge on any atom is -0.379 e. The Morgan fingerprint density at radius 2 is 1.66 bits per heavy atom. The van der Waals surface area contributed by atoms with Gasteiger partial charge in [-0.15, -0.1) is 0 Å². The fourth-order valence-electron chi connectivity index (χ4n) is 2.87. The zero-order valence-corrected chi connectivity index (χ0v) is 14.9. The molecule has 0 aliphatic heterocycles. The Morgan fingerprint density at radius 3 is 2.34 bits per heavy atom. The van der Waals surface area contributed by atoms with Crippen LogP contribution in [0.3, 0.4) is 0 Å². The van der Waals surface area contributed by atoms with Crippen LogP contribution >= 0.6 is 0 Å². The summed E-state index contributed by atoms with van der Waals surface area (Å²) in [6.07, 6.45) is -3.92.